The highest BCUT2D eigenvalue weighted by atomic mass is 32.2. The average molecular weight is 388 g/mol. The fraction of sp³-hybridized carbons (Fsp3) is 0.350. The van der Waals surface area contributed by atoms with Gasteiger partial charge in [-0.05, 0) is 36.5 Å². The van der Waals surface area contributed by atoms with Crippen molar-refractivity contribution in [3.8, 4) is 5.75 Å². The SMILES string of the molecule is COc1ccccc1N1CCN(C(=S)NCCSc2ccccc2)CC1. The number of methoxy groups -OCH3 is 1. The molecule has 4 nitrogen and oxygen atoms in total. The summed E-state index contributed by atoms with van der Waals surface area (Å²) in [6.45, 7) is 4.62. The first-order chi connectivity index (χ1) is 12.8. The number of para-hydroxylation sites is 2. The van der Waals surface area contributed by atoms with Crippen LogP contribution < -0.4 is 15.0 Å². The van der Waals surface area contributed by atoms with E-state index in [9.17, 15) is 0 Å². The fourth-order valence-corrected chi connectivity index (χ4v) is 4.07. The van der Waals surface area contributed by atoms with Gasteiger partial charge in [-0.2, -0.15) is 0 Å². The predicted molar refractivity (Wildman–Crippen MR) is 115 cm³/mol. The third kappa shape index (κ3) is 5.05. The number of anilines is 1. The van der Waals surface area contributed by atoms with Crippen LogP contribution in [0.15, 0.2) is 59.5 Å². The van der Waals surface area contributed by atoms with Crippen molar-refractivity contribution in [3.63, 3.8) is 0 Å². The van der Waals surface area contributed by atoms with Crippen LogP contribution in [0.5, 0.6) is 5.75 Å². The number of nitrogens with one attached hydrogen (secondary N) is 1. The molecule has 2 aromatic rings. The number of thioether (sulfide) groups is 1. The van der Waals surface area contributed by atoms with Crippen molar-refractivity contribution in [1.29, 1.82) is 0 Å². The summed E-state index contributed by atoms with van der Waals surface area (Å²) in [5.74, 6) is 1.94. The number of hydrogen-bond donors (Lipinski definition) is 1. The molecule has 0 bridgehead atoms. The van der Waals surface area contributed by atoms with Crippen LogP contribution in [0.3, 0.4) is 0 Å². The van der Waals surface area contributed by atoms with Crippen LogP contribution in [0, 0.1) is 0 Å². The molecule has 3 rings (SSSR count). The van der Waals surface area contributed by atoms with Gasteiger partial charge in [0, 0.05) is 43.4 Å². The van der Waals surface area contributed by atoms with E-state index >= 15 is 0 Å². The van der Waals surface area contributed by atoms with Gasteiger partial charge in [-0.25, -0.2) is 0 Å². The van der Waals surface area contributed by atoms with Crippen LogP contribution in [0.4, 0.5) is 5.69 Å². The molecule has 0 amide bonds. The van der Waals surface area contributed by atoms with E-state index < -0.39 is 0 Å². The normalized spacial score (nSPS) is 14.2. The highest BCUT2D eigenvalue weighted by molar-refractivity contribution is 7.99. The maximum absolute atomic E-state index is 5.57. The number of rotatable bonds is 6. The van der Waals surface area contributed by atoms with E-state index in [1.807, 2.05) is 30.0 Å². The highest BCUT2D eigenvalue weighted by Gasteiger charge is 2.20. The van der Waals surface area contributed by atoms with Crippen LogP contribution in [0.2, 0.25) is 0 Å². The molecule has 0 saturated carbocycles. The summed E-state index contributed by atoms with van der Waals surface area (Å²) >= 11 is 7.42. The van der Waals surface area contributed by atoms with E-state index in [-0.39, 0.29) is 0 Å². The van der Waals surface area contributed by atoms with Crippen LogP contribution in [-0.4, -0.2) is 55.6 Å². The van der Waals surface area contributed by atoms with Crippen LogP contribution in [0.25, 0.3) is 0 Å². The summed E-state index contributed by atoms with van der Waals surface area (Å²) < 4.78 is 5.48. The standard InChI is InChI=1S/C20H25N3OS2/c1-24-19-10-6-5-9-18(19)22-12-14-23(15-13-22)20(25)21-11-16-26-17-7-3-2-4-8-17/h2-10H,11-16H2,1H3,(H,21,25). The van der Waals surface area contributed by atoms with Crippen molar-refractivity contribution in [2.24, 2.45) is 0 Å². The van der Waals surface area contributed by atoms with Crippen molar-refractivity contribution in [1.82, 2.24) is 10.2 Å². The number of thiocarbonyl (C=S) groups is 1. The quantitative estimate of drug-likeness (QED) is 0.463. The molecule has 1 heterocycles. The van der Waals surface area contributed by atoms with E-state index in [2.05, 4.69) is 51.5 Å². The zero-order chi connectivity index (χ0) is 18.2. The Kier molecular flexibility index (Phi) is 7.03. The minimum absolute atomic E-state index is 0.860. The monoisotopic (exact) mass is 387 g/mol. The van der Waals surface area contributed by atoms with Crippen molar-refractivity contribution in [2.45, 2.75) is 4.90 Å². The zero-order valence-electron chi connectivity index (χ0n) is 15.1. The predicted octanol–water partition coefficient (Wildman–Crippen LogP) is 3.48. The molecule has 0 aromatic heterocycles. The molecule has 1 aliphatic rings. The first-order valence-corrected chi connectivity index (χ1v) is 10.3. The molecule has 1 saturated heterocycles. The Morgan fingerprint density at radius 1 is 1.04 bits per heavy atom. The molecular formula is C20H25N3OS2. The summed E-state index contributed by atoms with van der Waals surface area (Å²) in [6.07, 6.45) is 0. The van der Waals surface area contributed by atoms with Gasteiger partial charge in [-0.15, -0.1) is 11.8 Å². The van der Waals surface area contributed by atoms with Crippen LogP contribution >= 0.6 is 24.0 Å². The Morgan fingerprint density at radius 3 is 2.46 bits per heavy atom. The average Bonchev–Trinajstić information content (AvgIpc) is 2.72. The largest absolute Gasteiger partial charge is 0.495 e. The fourth-order valence-electron chi connectivity index (χ4n) is 3.00. The smallest absolute Gasteiger partial charge is 0.169 e. The lowest BCUT2D eigenvalue weighted by Crippen LogP contribution is -2.52. The molecule has 26 heavy (non-hydrogen) atoms. The maximum atomic E-state index is 5.57. The van der Waals surface area contributed by atoms with Gasteiger partial charge in [0.2, 0.25) is 0 Å². The van der Waals surface area contributed by atoms with Crippen LogP contribution in [0.1, 0.15) is 0 Å². The lowest BCUT2D eigenvalue weighted by Gasteiger charge is -2.37. The second-order valence-electron chi connectivity index (χ2n) is 6.04. The molecule has 1 N–H and O–H groups in total. The number of nitrogens with zero attached hydrogens (tertiary/aromatic N) is 2. The first-order valence-electron chi connectivity index (χ1n) is 8.86. The molecule has 2 aromatic carbocycles. The Bertz CT molecular complexity index is 703. The Morgan fingerprint density at radius 2 is 1.73 bits per heavy atom. The Balaban J connectivity index is 1.41. The Labute approximate surface area is 165 Å². The van der Waals surface area contributed by atoms with Gasteiger partial charge in [0.15, 0.2) is 5.11 Å². The molecule has 1 fully saturated rings. The van der Waals surface area contributed by atoms with Gasteiger partial charge in [-0.1, -0.05) is 30.3 Å². The number of benzene rings is 2. The molecule has 0 atom stereocenters. The minimum Gasteiger partial charge on any atom is -0.495 e. The molecule has 0 radical (unpaired) electrons. The van der Waals surface area contributed by atoms with Gasteiger partial charge >= 0.3 is 0 Å². The lowest BCUT2D eigenvalue weighted by molar-refractivity contribution is 0.374. The van der Waals surface area contributed by atoms with Gasteiger partial charge in [0.1, 0.15) is 5.75 Å². The minimum atomic E-state index is 0.860. The van der Waals surface area contributed by atoms with Crippen molar-refractivity contribution in [3.05, 3.63) is 54.6 Å². The lowest BCUT2D eigenvalue weighted by atomic mass is 10.2. The second kappa shape index (κ2) is 9.69. The van der Waals surface area contributed by atoms with E-state index in [1.165, 1.54) is 4.90 Å². The maximum Gasteiger partial charge on any atom is 0.169 e. The summed E-state index contributed by atoms with van der Waals surface area (Å²) in [5, 5.41) is 4.25. The molecule has 6 heteroatoms. The highest BCUT2D eigenvalue weighted by Crippen LogP contribution is 2.28. The molecule has 0 spiro atoms. The number of piperazine rings is 1. The van der Waals surface area contributed by atoms with Gasteiger partial charge in [0.05, 0.1) is 12.8 Å². The molecule has 0 aliphatic carbocycles. The van der Waals surface area contributed by atoms with Gasteiger partial charge in [-0.3, -0.25) is 0 Å². The molecule has 0 unspecified atom stereocenters. The molecular weight excluding hydrogens is 362 g/mol. The number of hydrogen-bond acceptors (Lipinski definition) is 4. The van der Waals surface area contributed by atoms with Crippen molar-refractivity contribution in [2.75, 3.05) is 50.5 Å². The second-order valence-corrected chi connectivity index (χ2v) is 7.59. The topological polar surface area (TPSA) is 27.7 Å². The van der Waals surface area contributed by atoms with Crippen molar-refractivity contribution < 1.29 is 4.74 Å². The number of ether oxygens (including phenoxy) is 1. The van der Waals surface area contributed by atoms with E-state index in [1.54, 1.807) is 7.11 Å². The molecule has 138 valence electrons. The summed E-state index contributed by atoms with van der Waals surface area (Å²) in [4.78, 5) is 5.92. The molecule has 1 aliphatic heterocycles. The third-order valence-corrected chi connectivity index (χ3v) is 5.80. The first kappa shape index (κ1) is 18.9. The van der Waals surface area contributed by atoms with Crippen molar-refractivity contribution >= 4 is 34.8 Å². The van der Waals surface area contributed by atoms with Gasteiger partial charge < -0.3 is 19.9 Å². The van der Waals surface area contributed by atoms with Gasteiger partial charge in [0.25, 0.3) is 0 Å². The third-order valence-electron chi connectivity index (χ3n) is 4.38. The Hall–Kier alpha value is -1.92. The zero-order valence-corrected chi connectivity index (χ0v) is 16.7. The van der Waals surface area contributed by atoms with E-state index in [4.69, 9.17) is 17.0 Å². The van der Waals surface area contributed by atoms with E-state index in [0.29, 0.717) is 0 Å². The van der Waals surface area contributed by atoms with E-state index in [0.717, 1.165) is 55.0 Å². The summed E-state index contributed by atoms with van der Waals surface area (Å²) in [6, 6.07) is 18.7. The van der Waals surface area contributed by atoms with Crippen LogP contribution in [-0.2, 0) is 0 Å². The summed E-state index contributed by atoms with van der Waals surface area (Å²) in [7, 11) is 1.72. The summed E-state index contributed by atoms with van der Waals surface area (Å²) in [5.41, 5.74) is 1.16.